The van der Waals surface area contributed by atoms with Gasteiger partial charge in [-0.05, 0) is 19.4 Å². The van der Waals surface area contributed by atoms with Crippen LogP contribution in [-0.4, -0.2) is 81.1 Å². The van der Waals surface area contributed by atoms with E-state index in [1.807, 2.05) is 0 Å². The molecule has 0 spiro atoms. The first-order chi connectivity index (χ1) is 11.3. The molecule has 0 aromatic heterocycles. The topological polar surface area (TPSA) is 178 Å². The zero-order valence-electron chi connectivity index (χ0n) is 12.9. The van der Waals surface area contributed by atoms with Crippen molar-refractivity contribution in [3.05, 3.63) is 0 Å². The molecule has 1 atom stereocenters. The van der Waals surface area contributed by atoms with Crippen molar-refractivity contribution < 1.29 is 52.8 Å². The number of unbranched alkanes of at least 4 members (excludes halogenated alkanes) is 1. The molecule has 0 amide bonds. The molecule has 0 saturated heterocycles. The number of nitrogens with zero attached hydrogens (tertiary/aromatic N) is 1. The van der Waals surface area contributed by atoms with Gasteiger partial charge < -0.3 is 26.2 Å². The molecule has 0 aliphatic heterocycles. The second-order valence-corrected chi connectivity index (χ2v) is 4.63. The van der Waals surface area contributed by atoms with Gasteiger partial charge in [0.25, 0.3) is 0 Å². The van der Waals surface area contributed by atoms with E-state index in [1.165, 1.54) is 0 Å². The Morgan fingerprint density at radius 3 is 1.56 bits per heavy atom. The van der Waals surface area contributed by atoms with Crippen molar-refractivity contribution in [2.75, 3.05) is 19.6 Å². The highest BCUT2D eigenvalue weighted by molar-refractivity contribution is 5.78. The van der Waals surface area contributed by atoms with Crippen molar-refractivity contribution >= 4 is 23.9 Å². The number of alkyl halides is 3. The van der Waals surface area contributed by atoms with Gasteiger partial charge in [-0.15, -0.1) is 0 Å². The van der Waals surface area contributed by atoms with Gasteiger partial charge in [0.2, 0.25) is 0 Å². The molecule has 25 heavy (non-hydrogen) atoms. The first-order valence-corrected chi connectivity index (χ1v) is 6.73. The van der Waals surface area contributed by atoms with Gasteiger partial charge in [0.15, 0.2) is 0 Å². The summed E-state index contributed by atoms with van der Waals surface area (Å²) in [5.74, 6) is -6.51. The predicted molar refractivity (Wildman–Crippen MR) is 74.9 cm³/mol. The van der Waals surface area contributed by atoms with E-state index < -0.39 is 49.2 Å². The van der Waals surface area contributed by atoms with Crippen LogP contribution in [0.5, 0.6) is 0 Å². The van der Waals surface area contributed by atoms with E-state index >= 15 is 0 Å². The molecule has 0 radical (unpaired) electrons. The highest BCUT2D eigenvalue weighted by Crippen LogP contribution is 2.13. The van der Waals surface area contributed by atoms with Gasteiger partial charge in [0.1, 0.15) is 6.04 Å². The molecule has 0 heterocycles. The first kappa shape index (κ1) is 24.8. The van der Waals surface area contributed by atoms with Crippen molar-refractivity contribution in [1.82, 2.24) is 4.90 Å². The maximum Gasteiger partial charge on any atom is 0.490 e. The molecule has 0 aliphatic rings. The summed E-state index contributed by atoms with van der Waals surface area (Å²) in [4.78, 5) is 42.1. The van der Waals surface area contributed by atoms with Crippen LogP contribution in [0.1, 0.15) is 19.3 Å². The Labute approximate surface area is 139 Å². The van der Waals surface area contributed by atoms with Crippen molar-refractivity contribution in [2.24, 2.45) is 5.73 Å². The average Bonchev–Trinajstić information content (AvgIpc) is 2.41. The van der Waals surface area contributed by atoms with Gasteiger partial charge in [-0.25, -0.2) is 4.79 Å². The number of rotatable bonds is 10. The minimum Gasteiger partial charge on any atom is -0.480 e. The highest BCUT2D eigenvalue weighted by Gasteiger charge is 2.38. The fraction of sp³-hybridized carbons (Fsp3) is 0.667. The van der Waals surface area contributed by atoms with Crippen LogP contribution in [0.2, 0.25) is 0 Å². The van der Waals surface area contributed by atoms with E-state index in [-0.39, 0.29) is 6.42 Å². The van der Waals surface area contributed by atoms with E-state index in [1.54, 1.807) is 0 Å². The first-order valence-electron chi connectivity index (χ1n) is 6.73. The van der Waals surface area contributed by atoms with Gasteiger partial charge in [0, 0.05) is 0 Å². The van der Waals surface area contributed by atoms with Crippen molar-refractivity contribution in [1.29, 1.82) is 0 Å². The molecule has 0 rings (SSSR count). The van der Waals surface area contributed by atoms with Gasteiger partial charge in [-0.1, -0.05) is 6.42 Å². The summed E-state index contributed by atoms with van der Waals surface area (Å²) in [5.41, 5.74) is 5.28. The lowest BCUT2D eigenvalue weighted by molar-refractivity contribution is -0.192. The summed E-state index contributed by atoms with van der Waals surface area (Å²) in [6.07, 6.45) is -3.80. The SMILES string of the molecule is NCCCC[C@@H](C(=O)O)N(CC(=O)O)CC(=O)O.O=C(O)C(F)(F)F. The molecule has 0 aromatic rings. The maximum atomic E-state index is 11.0. The lowest BCUT2D eigenvalue weighted by Gasteiger charge is -2.25. The lowest BCUT2D eigenvalue weighted by atomic mass is 10.1. The second-order valence-electron chi connectivity index (χ2n) is 4.63. The third kappa shape index (κ3) is 13.7. The molecule has 0 unspecified atom stereocenters. The van der Waals surface area contributed by atoms with Crippen molar-refractivity contribution in [2.45, 2.75) is 31.5 Å². The molecule has 0 saturated carbocycles. The van der Waals surface area contributed by atoms with Crippen LogP contribution in [-0.2, 0) is 19.2 Å². The largest absolute Gasteiger partial charge is 0.490 e. The van der Waals surface area contributed by atoms with E-state index in [2.05, 4.69) is 0 Å². The van der Waals surface area contributed by atoms with Crippen molar-refractivity contribution in [3.63, 3.8) is 0 Å². The molecule has 0 aliphatic carbocycles. The quantitative estimate of drug-likeness (QED) is 0.317. The molecule has 146 valence electrons. The Bertz CT molecular complexity index is 454. The summed E-state index contributed by atoms with van der Waals surface area (Å²) in [6.45, 7) is -0.831. The van der Waals surface area contributed by atoms with Crippen LogP contribution in [0, 0.1) is 0 Å². The summed E-state index contributed by atoms with van der Waals surface area (Å²) < 4.78 is 31.7. The number of aliphatic carboxylic acids is 4. The zero-order valence-corrected chi connectivity index (χ0v) is 12.9. The Hall–Kier alpha value is -2.41. The van der Waals surface area contributed by atoms with E-state index in [0.717, 1.165) is 4.90 Å². The molecule has 6 N–H and O–H groups in total. The fourth-order valence-electron chi connectivity index (χ4n) is 1.57. The summed E-state index contributed by atoms with van der Waals surface area (Å²) >= 11 is 0. The predicted octanol–water partition coefficient (Wildman–Crippen LogP) is -0.327. The van der Waals surface area contributed by atoms with Crippen LogP contribution in [0.3, 0.4) is 0 Å². The minimum atomic E-state index is -5.08. The summed E-state index contributed by atoms with van der Waals surface area (Å²) in [7, 11) is 0. The monoisotopic (exact) mass is 376 g/mol. The number of carboxylic acids is 4. The average molecular weight is 376 g/mol. The summed E-state index contributed by atoms with van der Waals surface area (Å²) in [5, 5.41) is 33.4. The molecular weight excluding hydrogens is 357 g/mol. The number of hydrogen-bond acceptors (Lipinski definition) is 6. The van der Waals surface area contributed by atoms with Gasteiger partial charge in [-0.3, -0.25) is 19.3 Å². The Balaban J connectivity index is 0. The van der Waals surface area contributed by atoms with E-state index in [4.69, 9.17) is 31.0 Å². The molecule has 0 fully saturated rings. The molecule has 0 aromatic carbocycles. The van der Waals surface area contributed by atoms with Gasteiger partial charge >= 0.3 is 30.1 Å². The van der Waals surface area contributed by atoms with Crippen LogP contribution in [0.4, 0.5) is 13.2 Å². The standard InChI is InChI=1S/C10H18N2O6.C2HF3O2/c11-4-2-1-3-7(10(17)18)12(5-8(13)14)6-9(15)16;3-2(4,5)1(6)7/h7H,1-6,11H2,(H,13,14)(H,15,16)(H,17,18);(H,6,7)/t7-;/m0./s1. The number of carbonyl (C=O) groups is 4. The molecule has 10 nitrogen and oxygen atoms in total. The second kappa shape index (κ2) is 12.0. The van der Waals surface area contributed by atoms with Crippen LogP contribution >= 0.6 is 0 Å². The van der Waals surface area contributed by atoms with Crippen LogP contribution in [0.25, 0.3) is 0 Å². The lowest BCUT2D eigenvalue weighted by Crippen LogP contribution is -2.46. The van der Waals surface area contributed by atoms with E-state index in [0.29, 0.717) is 19.4 Å². The van der Waals surface area contributed by atoms with E-state index in [9.17, 15) is 27.6 Å². The molecule has 13 heteroatoms. The Morgan fingerprint density at radius 2 is 1.32 bits per heavy atom. The zero-order chi connectivity index (χ0) is 20.2. The minimum absolute atomic E-state index is 0.174. The van der Waals surface area contributed by atoms with Crippen LogP contribution in [0.15, 0.2) is 0 Å². The third-order valence-electron chi connectivity index (χ3n) is 2.58. The normalized spacial score (nSPS) is 12.0. The maximum absolute atomic E-state index is 11.0. The Kier molecular flexibility index (Phi) is 11.9. The third-order valence-corrected chi connectivity index (χ3v) is 2.58. The van der Waals surface area contributed by atoms with Gasteiger partial charge in [-0.2, -0.15) is 13.2 Å². The Morgan fingerprint density at radius 1 is 0.920 bits per heavy atom. The summed E-state index contributed by atoms with van der Waals surface area (Å²) in [6, 6.07) is -1.12. The number of hydrogen-bond donors (Lipinski definition) is 5. The smallest absolute Gasteiger partial charge is 0.480 e. The van der Waals surface area contributed by atoms with Crippen LogP contribution < -0.4 is 5.73 Å². The number of carboxylic acid groups (broad SMARTS) is 4. The number of nitrogens with two attached hydrogens (primary N) is 1. The molecule has 0 bridgehead atoms. The highest BCUT2D eigenvalue weighted by atomic mass is 19.4. The number of halogens is 3. The van der Waals surface area contributed by atoms with Crippen molar-refractivity contribution in [3.8, 4) is 0 Å². The fourth-order valence-corrected chi connectivity index (χ4v) is 1.57. The molecular formula is C12H19F3N2O8. The van der Waals surface area contributed by atoms with Gasteiger partial charge in [0.05, 0.1) is 13.1 Å².